The molecule has 28 heavy (non-hydrogen) atoms. The molecule has 2 aromatic rings. The molecule has 1 aromatic carbocycles. The van der Waals surface area contributed by atoms with E-state index in [0.717, 1.165) is 44.0 Å². The standard InChI is InChI=1S/C21H34N6O/c1-5-22-20(24-17-21(2,28)18-15-25-27(4)16-18)23-13-9-10-14-26(3)19-11-7-6-8-12-19/h6-8,11-12,15-16,28H,5,9-10,13-14,17H2,1-4H3,(H2,22,23,24). The van der Waals surface area contributed by atoms with E-state index in [0.29, 0.717) is 0 Å². The third kappa shape index (κ3) is 6.88. The van der Waals surface area contributed by atoms with Crippen molar-refractivity contribution in [2.24, 2.45) is 12.0 Å². The lowest BCUT2D eigenvalue weighted by Gasteiger charge is -2.21. The van der Waals surface area contributed by atoms with Crippen LogP contribution < -0.4 is 15.5 Å². The number of aliphatic hydroxyl groups is 1. The van der Waals surface area contributed by atoms with Crippen LogP contribution in [0.1, 0.15) is 32.3 Å². The molecule has 0 radical (unpaired) electrons. The van der Waals surface area contributed by atoms with Crippen LogP contribution in [0.25, 0.3) is 0 Å². The molecule has 7 heteroatoms. The van der Waals surface area contributed by atoms with Crippen molar-refractivity contribution >= 4 is 11.6 Å². The van der Waals surface area contributed by atoms with Crippen molar-refractivity contribution in [2.75, 3.05) is 38.1 Å². The van der Waals surface area contributed by atoms with Gasteiger partial charge in [0.25, 0.3) is 0 Å². The first-order valence-electron chi connectivity index (χ1n) is 9.92. The number of nitrogens with zero attached hydrogens (tertiary/aromatic N) is 4. The molecule has 2 rings (SSSR count). The van der Waals surface area contributed by atoms with Crippen LogP contribution in [-0.2, 0) is 12.6 Å². The van der Waals surface area contributed by atoms with Crippen LogP contribution in [0.5, 0.6) is 0 Å². The minimum Gasteiger partial charge on any atom is -0.383 e. The predicted octanol–water partition coefficient (Wildman–Crippen LogP) is 2.10. The average molecular weight is 387 g/mol. The summed E-state index contributed by atoms with van der Waals surface area (Å²) in [5.41, 5.74) is 0.955. The van der Waals surface area contributed by atoms with E-state index < -0.39 is 5.60 Å². The molecular weight excluding hydrogens is 352 g/mol. The molecular formula is C21H34N6O. The zero-order valence-electron chi connectivity index (χ0n) is 17.5. The Morgan fingerprint density at radius 3 is 2.64 bits per heavy atom. The molecule has 3 N–H and O–H groups in total. The highest BCUT2D eigenvalue weighted by Crippen LogP contribution is 2.19. The van der Waals surface area contributed by atoms with Gasteiger partial charge in [-0.1, -0.05) is 18.2 Å². The fourth-order valence-electron chi connectivity index (χ4n) is 2.86. The molecule has 0 aliphatic rings. The number of unbranched alkanes of at least 4 members (excludes halogenated alkanes) is 1. The number of nitrogens with one attached hydrogen (secondary N) is 2. The highest BCUT2D eigenvalue weighted by atomic mass is 16.3. The molecule has 0 aliphatic carbocycles. The SMILES string of the molecule is CCNC(=NCC(C)(O)c1cnn(C)c1)NCCCCN(C)c1ccccc1. The molecule has 154 valence electrons. The summed E-state index contributed by atoms with van der Waals surface area (Å²) in [6, 6.07) is 10.4. The zero-order valence-corrected chi connectivity index (χ0v) is 17.5. The normalized spacial score (nSPS) is 13.8. The number of rotatable bonds is 10. The highest BCUT2D eigenvalue weighted by molar-refractivity contribution is 5.79. The third-order valence-corrected chi connectivity index (χ3v) is 4.63. The smallest absolute Gasteiger partial charge is 0.191 e. The molecule has 0 fully saturated rings. The maximum absolute atomic E-state index is 10.7. The minimum absolute atomic E-state index is 0.269. The van der Waals surface area contributed by atoms with Crippen molar-refractivity contribution in [3.05, 3.63) is 48.3 Å². The first-order chi connectivity index (χ1) is 13.4. The fraction of sp³-hybridized carbons (Fsp3) is 0.524. The second-order valence-corrected chi connectivity index (χ2v) is 7.26. The Labute approximate surface area is 168 Å². The maximum Gasteiger partial charge on any atom is 0.191 e. The van der Waals surface area contributed by atoms with E-state index >= 15 is 0 Å². The molecule has 7 nitrogen and oxygen atoms in total. The summed E-state index contributed by atoms with van der Waals surface area (Å²) < 4.78 is 1.68. The summed E-state index contributed by atoms with van der Waals surface area (Å²) in [6.45, 7) is 6.68. The zero-order chi connectivity index (χ0) is 20.4. The maximum atomic E-state index is 10.7. The van der Waals surface area contributed by atoms with Crippen LogP contribution in [0.2, 0.25) is 0 Å². The number of aliphatic imine (C=N–C) groups is 1. The van der Waals surface area contributed by atoms with Crippen molar-refractivity contribution in [1.82, 2.24) is 20.4 Å². The first-order valence-corrected chi connectivity index (χ1v) is 9.92. The quantitative estimate of drug-likeness (QED) is 0.331. The molecule has 1 heterocycles. The molecule has 1 aromatic heterocycles. The second-order valence-electron chi connectivity index (χ2n) is 7.26. The Morgan fingerprint density at radius 2 is 2.00 bits per heavy atom. The van der Waals surface area contributed by atoms with Gasteiger partial charge in [0, 0.05) is 51.2 Å². The molecule has 0 amide bonds. The van der Waals surface area contributed by atoms with Crippen LogP contribution in [0.4, 0.5) is 5.69 Å². The number of hydrogen-bond acceptors (Lipinski definition) is 4. The Morgan fingerprint density at radius 1 is 1.25 bits per heavy atom. The van der Waals surface area contributed by atoms with Crippen molar-refractivity contribution in [1.29, 1.82) is 0 Å². The molecule has 0 bridgehead atoms. The van der Waals surface area contributed by atoms with Crippen molar-refractivity contribution in [3.8, 4) is 0 Å². The summed E-state index contributed by atoms with van der Waals surface area (Å²) in [6.07, 6.45) is 5.63. The summed E-state index contributed by atoms with van der Waals surface area (Å²) in [5, 5.41) is 21.4. The van der Waals surface area contributed by atoms with E-state index in [2.05, 4.69) is 56.9 Å². The molecule has 0 saturated carbocycles. The molecule has 1 atom stereocenters. The van der Waals surface area contributed by atoms with Gasteiger partial charge in [0.05, 0.1) is 12.7 Å². The Hall–Kier alpha value is -2.54. The average Bonchev–Trinajstić information content (AvgIpc) is 3.13. The molecule has 1 unspecified atom stereocenters. The first kappa shape index (κ1) is 21.8. The van der Waals surface area contributed by atoms with Crippen molar-refractivity contribution in [2.45, 2.75) is 32.3 Å². The minimum atomic E-state index is -1.05. The summed E-state index contributed by atoms with van der Waals surface area (Å²) in [7, 11) is 3.96. The topological polar surface area (TPSA) is 77.7 Å². The van der Waals surface area contributed by atoms with Crippen LogP contribution in [0.3, 0.4) is 0 Å². The molecule has 0 spiro atoms. The van der Waals surface area contributed by atoms with Gasteiger partial charge in [-0.3, -0.25) is 4.68 Å². The number of guanidine groups is 1. The van der Waals surface area contributed by atoms with Crippen LogP contribution in [0.15, 0.2) is 47.7 Å². The van der Waals surface area contributed by atoms with E-state index in [1.54, 1.807) is 17.8 Å². The highest BCUT2D eigenvalue weighted by Gasteiger charge is 2.24. The van der Waals surface area contributed by atoms with Crippen LogP contribution in [0, 0.1) is 0 Å². The van der Waals surface area contributed by atoms with Gasteiger partial charge in [-0.2, -0.15) is 5.10 Å². The lowest BCUT2D eigenvalue weighted by molar-refractivity contribution is 0.0672. The number of hydrogen-bond donors (Lipinski definition) is 3. The molecule has 0 aliphatic heterocycles. The van der Waals surface area contributed by atoms with Gasteiger partial charge in [0.1, 0.15) is 5.60 Å². The van der Waals surface area contributed by atoms with E-state index in [9.17, 15) is 5.11 Å². The number of benzene rings is 1. The lowest BCUT2D eigenvalue weighted by Crippen LogP contribution is -2.39. The van der Waals surface area contributed by atoms with Gasteiger partial charge in [-0.15, -0.1) is 0 Å². The monoisotopic (exact) mass is 386 g/mol. The predicted molar refractivity (Wildman–Crippen MR) is 116 cm³/mol. The van der Waals surface area contributed by atoms with Crippen LogP contribution >= 0.6 is 0 Å². The van der Waals surface area contributed by atoms with E-state index in [-0.39, 0.29) is 6.54 Å². The van der Waals surface area contributed by atoms with E-state index in [1.165, 1.54) is 5.69 Å². The lowest BCUT2D eigenvalue weighted by atomic mass is 10.0. The number of aromatic nitrogens is 2. The third-order valence-electron chi connectivity index (χ3n) is 4.63. The van der Waals surface area contributed by atoms with Gasteiger partial charge in [0.15, 0.2) is 5.96 Å². The van der Waals surface area contributed by atoms with Gasteiger partial charge in [-0.25, -0.2) is 4.99 Å². The van der Waals surface area contributed by atoms with Gasteiger partial charge < -0.3 is 20.6 Å². The summed E-state index contributed by atoms with van der Waals surface area (Å²) in [4.78, 5) is 6.82. The van der Waals surface area contributed by atoms with Gasteiger partial charge in [0.2, 0.25) is 0 Å². The van der Waals surface area contributed by atoms with Gasteiger partial charge in [-0.05, 0) is 38.8 Å². The molecule has 0 saturated heterocycles. The Balaban J connectivity index is 1.76. The van der Waals surface area contributed by atoms with Crippen molar-refractivity contribution < 1.29 is 5.11 Å². The van der Waals surface area contributed by atoms with Gasteiger partial charge >= 0.3 is 0 Å². The number of aryl methyl sites for hydroxylation is 1. The fourth-order valence-corrected chi connectivity index (χ4v) is 2.86. The largest absolute Gasteiger partial charge is 0.383 e. The van der Waals surface area contributed by atoms with E-state index in [4.69, 9.17) is 0 Å². The van der Waals surface area contributed by atoms with E-state index in [1.807, 2.05) is 26.2 Å². The van der Waals surface area contributed by atoms with Crippen molar-refractivity contribution in [3.63, 3.8) is 0 Å². The summed E-state index contributed by atoms with van der Waals surface area (Å²) >= 11 is 0. The number of anilines is 1. The second kappa shape index (κ2) is 10.7. The summed E-state index contributed by atoms with van der Waals surface area (Å²) in [5.74, 6) is 0.725. The van der Waals surface area contributed by atoms with Crippen LogP contribution in [-0.4, -0.2) is 54.1 Å². The Bertz CT molecular complexity index is 726. The Kier molecular flexibility index (Phi) is 8.32. The number of para-hydroxylation sites is 1.